The highest BCUT2D eigenvalue weighted by Gasteiger charge is 1.99. The molecule has 0 unspecified atom stereocenters. The van der Waals surface area contributed by atoms with Crippen LogP contribution in [0.2, 0.25) is 0 Å². The fourth-order valence-corrected chi connectivity index (χ4v) is 2.34. The Morgan fingerprint density at radius 3 is 2.45 bits per heavy atom. The van der Waals surface area contributed by atoms with Crippen LogP contribution in [0.1, 0.15) is 24.8 Å². The molecule has 0 aliphatic heterocycles. The number of carboxylic acid groups (broad SMARTS) is 1. The van der Waals surface area contributed by atoms with Gasteiger partial charge in [-0.1, -0.05) is 42.8 Å². The monoisotopic (exact) mass is 298 g/mol. The molecular formula is C18H22N2O2. The van der Waals surface area contributed by atoms with Crippen LogP contribution in [0.4, 0.5) is 16.2 Å². The predicted molar refractivity (Wildman–Crippen MR) is 90.6 cm³/mol. The molecule has 4 heteroatoms. The van der Waals surface area contributed by atoms with Gasteiger partial charge in [0.05, 0.1) is 0 Å². The highest BCUT2D eigenvalue weighted by Crippen LogP contribution is 2.15. The van der Waals surface area contributed by atoms with Gasteiger partial charge in [-0.3, -0.25) is 5.32 Å². The van der Waals surface area contributed by atoms with E-state index in [1.165, 1.54) is 18.4 Å². The topological polar surface area (TPSA) is 61.4 Å². The fourth-order valence-electron chi connectivity index (χ4n) is 2.34. The van der Waals surface area contributed by atoms with Crippen molar-refractivity contribution in [3.8, 4) is 0 Å². The minimum absolute atomic E-state index is 0.585. The molecule has 0 atom stereocenters. The molecule has 0 aliphatic carbocycles. The lowest BCUT2D eigenvalue weighted by Gasteiger charge is -2.08. The van der Waals surface area contributed by atoms with Crippen molar-refractivity contribution >= 4 is 17.5 Å². The van der Waals surface area contributed by atoms with E-state index in [0.717, 1.165) is 25.1 Å². The van der Waals surface area contributed by atoms with E-state index in [9.17, 15) is 4.79 Å². The van der Waals surface area contributed by atoms with Crippen molar-refractivity contribution in [1.82, 2.24) is 0 Å². The number of hydrogen-bond acceptors (Lipinski definition) is 2. The average molecular weight is 298 g/mol. The lowest BCUT2D eigenvalue weighted by molar-refractivity contribution is 0.210. The molecule has 0 aliphatic rings. The van der Waals surface area contributed by atoms with Gasteiger partial charge in [-0.25, -0.2) is 4.79 Å². The number of nitrogens with one attached hydrogen (secondary N) is 2. The second kappa shape index (κ2) is 8.72. The Balaban J connectivity index is 1.63. The molecule has 2 aromatic carbocycles. The van der Waals surface area contributed by atoms with Crippen LogP contribution in [0.15, 0.2) is 54.6 Å². The first-order chi connectivity index (χ1) is 10.7. The summed E-state index contributed by atoms with van der Waals surface area (Å²) in [6, 6.07) is 17.8. The van der Waals surface area contributed by atoms with E-state index in [1.807, 2.05) is 18.2 Å². The molecular weight excluding hydrogens is 276 g/mol. The summed E-state index contributed by atoms with van der Waals surface area (Å²) >= 11 is 0. The zero-order valence-corrected chi connectivity index (χ0v) is 12.6. The third-order valence-electron chi connectivity index (χ3n) is 3.43. The van der Waals surface area contributed by atoms with E-state index in [-0.39, 0.29) is 0 Å². The van der Waals surface area contributed by atoms with E-state index in [1.54, 1.807) is 12.1 Å². The number of benzene rings is 2. The molecule has 0 radical (unpaired) electrons. The molecule has 1 amide bonds. The number of anilines is 2. The first-order valence-electron chi connectivity index (χ1n) is 7.62. The number of hydrogen-bond donors (Lipinski definition) is 3. The second-order valence-electron chi connectivity index (χ2n) is 5.23. The lowest BCUT2D eigenvalue weighted by atomic mass is 10.1. The van der Waals surface area contributed by atoms with Crippen LogP contribution in [0.25, 0.3) is 0 Å². The van der Waals surface area contributed by atoms with Crippen LogP contribution in [-0.2, 0) is 6.42 Å². The summed E-state index contributed by atoms with van der Waals surface area (Å²) < 4.78 is 0. The Bertz CT molecular complexity index is 585. The highest BCUT2D eigenvalue weighted by atomic mass is 16.4. The van der Waals surface area contributed by atoms with Crippen molar-refractivity contribution in [3.63, 3.8) is 0 Å². The molecule has 0 fully saturated rings. The summed E-state index contributed by atoms with van der Waals surface area (Å²) in [5.74, 6) is 0. The Morgan fingerprint density at radius 1 is 0.909 bits per heavy atom. The maximum absolute atomic E-state index is 10.6. The first-order valence-corrected chi connectivity index (χ1v) is 7.62. The van der Waals surface area contributed by atoms with Crippen LogP contribution >= 0.6 is 0 Å². The van der Waals surface area contributed by atoms with E-state index >= 15 is 0 Å². The lowest BCUT2D eigenvalue weighted by Crippen LogP contribution is -2.08. The third-order valence-corrected chi connectivity index (χ3v) is 3.43. The maximum atomic E-state index is 10.6. The molecule has 0 saturated carbocycles. The van der Waals surface area contributed by atoms with Gasteiger partial charge in [-0.15, -0.1) is 0 Å². The normalized spacial score (nSPS) is 10.2. The summed E-state index contributed by atoms with van der Waals surface area (Å²) in [5.41, 5.74) is 2.92. The number of carbonyl (C=O) groups is 1. The van der Waals surface area contributed by atoms with Crippen LogP contribution in [0, 0.1) is 0 Å². The Labute approximate surface area is 131 Å². The number of unbranched alkanes of at least 4 members (excludes halogenated alkanes) is 2. The highest BCUT2D eigenvalue weighted by molar-refractivity contribution is 5.83. The standard InChI is InChI=1S/C18H22N2O2/c21-18(22)20-17-12-7-11-16(14-17)19-13-6-2-5-10-15-8-3-1-4-9-15/h1,3-4,7-9,11-12,14,19-20H,2,5-6,10,13H2,(H,21,22). The summed E-state index contributed by atoms with van der Waals surface area (Å²) in [6.07, 6.45) is 3.54. The largest absolute Gasteiger partial charge is 0.465 e. The summed E-state index contributed by atoms with van der Waals surface area (Å²) in [5, 5.41) is 14.4. The number of amides is 1. The van der Waals surface area contributed by atoms with Crippen molar-refractivity contribution < 1.29 is 9.90 Å². The molecule has 3 N–H and O–H groups in total. The summed E-state index contributed by atoms with van der Waals surface area (Å²) in [7, 11) is 0. The zero-order valence-electron chi connectivity index (χ0n) is 12.6. The van der Waals surface area contributed by atoms with E-state index < -0.39 is 6.09 Å². The Morgan fingerprint density at radius 2 is 1.68 bits per heavy atom. The molecule has 2 rings (SSSR count). The molecule has 4 nitrogen and oxygen atoms in total. The van der Waals surface area contributed by atoms with E-state index in [0.29, 0.717) is 5.69 Å². The van der Waals surface area contributed by atoms with Crippen molar-refractivity contribution in [2.24, 2.45) is 0 Å². The van der Waals surface area contributed by atoms with Crippen molar-refractivity contribution in [3.05, 3.63) is 60.2 Å². The molecule has 22 heavy (non-hydrogen) atoms. The Hall–Kier alpha value is -2.49. The molecule has 0 spiro atoms. The molecule has 116 valence electrons. The van der Waals surface area contributed by atoms with E-state index in [4.69, 9.17) is 5.11 Å². The van der Waals surface area contributed by atoms with Gasteiger partial charge in [0.2, 0.25) is 0 Å². The molecule has 0 aromatic heterocycles. The maximum Gasteiger partial charge on any atom is 0.409 e. The van der Waals surface area contributed by atoms with Gasteiger partial charge in [-0.2, -0.15) is 0 Å². The van der Waals surface area contributed by atoms with Crippen LogP contribution < -0.4 is 10.6 Å². The van der Waals surface area contributed by atoms with Crippen LogP contribution in [0.5, 0.6) is 0 Å². The minimum Gasteiger partial charge on any atom is -0.465 e. The van der Waals surface area contributed by atoms with Crippen molar-refractivity contribution in [2.75, 3.05) is 17.2 Å². The van der Waals surface area contributed by atoms with E-state index in [2.05, 4.69) is 34.9 Å². The van der Waals surface area contributed by atoms with Gasteiger partial charge in [-0.05, 0) is 43.0 Å². The molecule has 0 saturated heterocycles. The smallest absolute Gasteiger partial charge is 0.409 e. The summed E-state index contributed by atoms with van der Waals surface area (Å²) in [4.78, 5) is 10.6. The first kappa shape index (κ1) is 15.9. The van der Waals surface area contributed by atoms with Crippen molar-refractivity contribution in [1.29, 1.82) is 0 Å². The van der Waals surface area contributed by atoms with Crippen molar-refractivity contribution in [2.45, 2.75) is 25.7 Å². The summed E-state index contributed by atoms with van der Waals surface area (Å²) in [6.45, 7) is 0.894. The van der Waals surface area contributed by atoms with Gasteiger partial charge in [0.1, 0.15) is 0 Å². The molecule has 2 aromatic rings. The SMILES string of the molecule is O=C(O)Nc1cccc(NCCCCCc2ccccc2)c1. The average Bonchev–Trinajstić information content (AvgIpc) is 2.51. The predicted octanol–water partition coefficient (Wildman–Crippen LogP) is 4.60. The zero-order chi connectivity index (χ0) is 15.6. The quantitative estimate of drug-likeness (QED) is 0.624. The van der Waals surface area contributed by atoms with Gasteiger partial charge in [0, 0.05) is 17.9 Å². The fraction of sp³-hybridized carbons (Fsp3) is 0.278. The van der Waals surface area contributed by atoms with Crippen LogP contribution in [0.3, 0.4) is 0 Å². The van der Waals surface area contributed by atoms with Gasteiger partial charge in [0.15, 0.2) is 0 Å². The van der Waals surface area contributed by atoms with Gasteiger partial charge < -0.3 is 10.4 Å². The third kappa shape index (κ3) is 5.87. The van der Waals surface area contributed by atoms with Gasteiger partial charge in [0.25, 0.3) is 0 Å². The minimum atomic E-state index is -1.04. The molecule has 0 heterocycles. The van der Waals surface area contributed by atoms with Crippen LogP contribution in [-0.4, -0.2) is 17.7 Å². The molecule has 0 bridgehead atoms. The van der Waals surface area contributed by atoms with Gasteiger partial charge >= 0.3 is 6.09 Å². The number of rotatable bonds is 8. The Kier molecular flexibility index (Phi) is 6.30. The number of aryl methyl sites for hydroxylation is 1. The second-order valence-corrected chi connectivity index (χ2v) is 5.23.